The van der Waals surface area contributed by atoms with E-state index in [1.54, 1.807) is 7.05 Å². The second kappa shape index (κ2) is 7.09. The number of benzene rings is 2. The van der Waals surface area contributed by atoms with Crippen molar-refractivity contribution < 1.29 is 14.6 Å². The van der Waals surface area contributed by atoms with E-state index in [4.69, 9.17) is 9.84 Å². The van der Waals surface area contributed by atoms with Crippen molar-refractivity contribution in [3.63, 3.8) is 0 Å². The van der Waals surface area contributed by atoms with Crippen LogP contribution in [0.15, 0.2) is 36.4 Å². The fraction of sp³-hybridized carbons (Fsp3) is 0.421. The second-order valence-corrected chi connectivity index (χ2v) is 6.46. The van der Waals surface area contributed by atoms with E-state index in [-0.39, 0.29) is 6.04 Å². The van der Waals surface area contributed by atoms with Gasteiger partial charge in [0.25, 0.3) is 0 Å². The van der Waals surface area contributed by atoms with Gasteiger partial charge in [0.05, 0.1) is 6.54 Å². The molecule has 24 heavy (non-hydrogen) atoms. The molecule has 1 aliphatic carbocycles. The highest BCUT2D eigenvalue weighted by atomic mass is 16.5. The van der Waals surface area contributed by atoms with Crippen LogP contribution in [0.5, 0.6) is 5.75 Å². The first-order valence-corrected chi connectivity index (χ1v) is 8.40. The number of carboxylic acid groups (broad SMARTS) is 1. The zero-order chi connectivity index (χ0) is 17.1. The van der Waals surface area contributed by atoms with Crippen molar-refractivity contribution in [1.82, 2.24) is 10.2 Å². The van der Waals surface area contributed by atoms with Crippen molar-refractivity contribution in [1.29, 1.82) is 0 Å². The Morgan fingerprint density at radius 2 is 2.12 bits per heavy atom. The molecule has 1 amide bonds. The summed E-state index contributed by atoms with van der Waals surface area (Å²) in [4.78, 5) is 12.1. The summed E-state index contributed by atoms with van der Waals surface area (Å²) in [5, 5.41) is 14.7. The molecule has 2 aromatic rings. The van der Waals surface area contributed by atoms with Crippen molar-refractivity contribution in [3.8, 4) is 5.75 Å². The largest absolute Gasteiger partial charge is 0.491 e. The lowest BCUT2D eigenvalue weighted by Gasteiger charge is -2.18. The zero-order valence-corrected chi connectivity index (χ0v) is 14.2. The summed E-state index contributed by atoms with van der Waals surface area (Å²) in [7, 11) is 1.54. The summed E-state index contributed by atoms with van der Waals surface area (Å²) in [6.07, 6.45) is 1.56. The van der Waals surface area contributed by atoms with Crippen LogP contribution in [0.25, 0.3) is 10.8 Å². The normalized spacial score (nSPS) is 15.2. The van der Waals surface area contributed by atoms with E-state index >= 15 is 0 Å². The van der Waals surface area contributed by atoms with Crippen LogP contribution < -0.4 is 10.1 Å². The Morgan fingerprint density at radius 3 is 2.83 bits per heavy atom. The number of amides is 1. The highest BCUT2D eigenvalue weighted by Crippen LogP contribution is 2.31. The van der Waals surface area contributed by atoms with E-state index in [9.17, 15) is 4.79 Å². The molecule has 1 atom stereocenters. The number of rotatable bonds is 7. The molecule has 2 aromatic carbocycles. The number of carbonyl (C=O) groups is 1. The SMILES string of the molecule is CC(NC1CC1)c1cc(OCCN(C)C(=O)O)c2ccccc2c1. The van der Waals surface area contributed by atoms with Crippen molar-refractivity contribution in [3.05, 3.63) is 42.0 Å². The zero-order valence-electron chi connectivity index (χ0n) is 14.2. The topological polar surface area (TPSA) is 61.8 Å². The maximum Gasteiger partial charge on any atom is 0.407 e. The fourth-order valence-corrected chi connectivity index (χ4v) is 2.75. The van der Waals surface area contributed by atoms with Crippen LogP contribution in [0.2, 0.25) is 0 Å². The average Bonchev–Trinajstić information content (AvgIpc) is 3.38. The molecule has 1 unspecified atom stereocenters. The van der Waals surface area contributed by atoms with E-state index in [0.717, 1.165) is 16.5 Å². The summed E-state index contributed by atoms with van der Waals surface area (Å²) in [5.74, 6) is 0.811. The van der Waals surface area contributed by atoms with E-state index in [2.05, 4.69) is 30.4 Å². The molecule has 0 radical (unpaired) electrons. The quantitative estimate of drug-likeness (QED) is 0.814. The molecule has 1 saturated carbocycles. The predicted octanol–water partition coefficient (Wildman–Crippen LogP) is 3.64. The molecule has 5 heteroatoms. The van der Waals surface area contributed by atoms with E-state index in [1.807, 2.05) is 18.2 Å². The number of nitrogens with one attached hydrogen (secondary N) is 1. The Bertz CT molecular complexity index is 728. The molecule has 0 heterocycles. The maximum atomic E-state index is 10.9. The van der Waals surface area contributed by atoms with Gasteiger partial charge in [0.15, 0.2) is 0 Å². The van der Waals surface area contributed by atoms with Crippen molar-refractivity contribution >= 4 is 16.9 Å². The van der Waals surface area contributed by atoms with Gasteiger partial charge in [-0.3, -0.25) is 0 Å². The Hall–Kier alpha value is -2.27. The molecule has 1 fully saturated rings. The van der Waals surface area contributed by atoms with Crippen LogP contribution in [-0.2, 0) is 0 Å². The molecule has 0 saturated heterocycles. The number of ether oxygens (including phenoxy) is 1. The minimum atomic E-state index is -0.945. The van der Waals surface area contributed by atoms with Gasteiger partial charge in [-0.05, 0) is 42.8 Å². The van der Waals surface area contributed by atoms with Gasteiger partial charge < -0.3 is 20.1 Å². The summed E-state index contributed by atoms with van der Waals surface area (Å²) < 4.78 is 5.92. The number of fused-ring (bicyclic) bond motifs is 1. The van der Waals surface area contributed by atoms with E-state index in [1.165, 1.54) is 23.3 Å². The molecule has 0 aliphatic heterocycles. The third kappa shape index (κ3) is 3.97. The van der Waals surface area contributed by atoms with Gasteiger partial charge in [0, 0.05) is 24.5 Å². The summed E-state index contributed by atoms with van der Waals surface area (Å²) >= 11 is 0. The lowest BCUT2D eigenvalue weighted by molar-refractivity contribution is 0.147. The molecule has 0 bridgehead atoms. The highest BCUT2D eigenvalue weighted by Gasteiger charge is 2.23. The van der Waals surface area contributed by atoms with Crippen LogP contribution in [0, 0.1) is 0 Å². The van der Waals surface area contributed by atoms with Crippen LogP contribution in [0.4, 0.5) is 4.79 Å². The van der Waals surface area contributed by atoms with Gasteiger partial charge in [0.1, 0.15) is 12.4 Å². The number of likely N-dealkylation sites (N-methyl/N-ethyl adjacent to an activating group) is 1. The van der Waals surface area contributed by atoms with Gasteiger partial charge in [-0.25, -0.2) is 4.79 Å². The third-order valence-electron chi connectivity index (χ3n) is 4.42. The third-order valence-corrected chi connectivity index (χ3v) is 4.42. The number of nitrogens with zero attached hydrogens (tertiary/aromatic N) is 1. The Morgan fingerprint density at radius 1 is 1.38 bits per heavy atom. The maximum absolute atomic E-state index is 10.9. The molecular weight excluding hydrogens is 304 g/mol. The van der Waals surface area contributed by atoms with E-state index < -0.39 is 6.09 Å². The molecule has 2 N–H and O–H groups in total. The van der Waals surface area contributed by atoms with Gasteiger partial charge >= 0.3 is 6.09 Å². The standard InChI is InChI=1S/C19H24N2O3/c1-13(20-16-7-8-16)15-11-14-5-3-4-6-17(14)18(12-15)24-10-9-21(2)19(22)23/h3-6,11-13,16,20H,7-10H2,1-2H3,(H,22,23). The lowest BCUT2D eigenvalue weighted by Crippen LogP contribution is -2.29. The minimum Gasteiger partial charge on any atom is -0.491 e. The summed E-state index contributed by atoms with van der Waals surface area (Å²) in [6, 6.07) is 13.3. The Labute approximate surface area is 142 Å². The van der Waals surface area contributed by atoms with E-state index in [0.29, 0.717) is 19.2 Å². The van der Waals surface area contributed by atoms with Crippen molar-refractivity contribution in [2.45, 2.75) is 31.8 Å². The Kier molecular flexibility index (Phi) is 4.90. The van der Waals surface area contributed by atoms with Crippen LogP contribution in [-0.4, -0.2) is 42.3 Å². The molecular formula is C19H24N2O3. The number of hydrogen-bond acceptors (Lipinski definition) is 3. The first kappa shape index (κ1) is 16.6. The predicted molar refractivity (Wildman–Crippen MR) is 94.7 cm³/mol. The van der Waals surface area contributed by atoms with Crippen LogP contribution in [0.3, 0.4) is 0 Å². The first-order chi connectivity index (χ1) is 11.5. The monoisotopic (exact) mass is 328 g/mol. The lowest BCUT2D eigenvalue weighted by atomic mass is 10.0. The van der Waals surface area contributed by atoms with Gasteiger partial charge in [0.2, 0.25) is 0 Å². The van der Waals surface area contributed by atoms with Crippen molar-refractivity contribution in [2.24, 2.45) is 0 Å². The fourth-order valence-electron chi connectivity index (χ4n) is 2.75. The molecule has 0 aromatic heterocycles. The molecule has 0 spiro atoms. The highest BCUT2D eigenvalue weighted by molar-refractivity contribution is 5.89. The average molecular weight is 328 g/mol. The number of hydrogen-bond donors (Lipinski definition) is 2. The van der Waals surface area contributed by atoms with Gasteiger partial charge in [-0.1, -0.05) is 24.3 Å². The Balaban J connectivity index is 1.79. The molecule has 3 rings (SSSR count). The van der Waals surface area contributed by atoms with Gasteiger partial charge in [-0.2, -0.15) is 0 Å². The second-order valence-electron chi connectivity index (χ2n) is 6.46. The summed E-state index contributed by atoms with van der Waals surface area (Å²) in [6.45, 7) is 2.84. The van der Waals surface area contributed by atoms with Crippen LogP contribution >= 0.6 is 0 Å². The van der Waals surface area contributed by atoms with Crippen LogP contribution in [0.1, 0.15) is 31.4 Å². The first-order valence-electron chi connectivity index (χ1n) is 8.40. The minimum absolute atomic E-state index is 0.270. The molecule has 128 valence electrons. The summed E-state index contributed by atoms with van der Waals surface area (Å²) in [5.41, 5.74) is 1.20. The molecule has 1 aliphatic rings. The smallest absolute Gasteiger partial charge is 0.407 e. The van der Waals surface area contributed by atoms with Crippen molar-refractivity contribution in [2.75, 3.05) is 20.2 Å². The molecule has 5 nitrogen and oxygen atoms in total. The van der Waals surface area contributed by atoms with Gasteiger partial charge in [-0.15, -0.1) is 0 Å².